The first-order valence-electron chi connectivity index (χ1n) is 7.45. The monoisotopic (exact) mass is 240 g/mol. The van der Waals surface area contributed by atoms with Crippen LogP contribution in [0, 0.1) is 17.8 Å². The van der Waals surface area contributed by atoms with E-state index < -0.39 is 0 Å². The van der Waals surface area contributed by atoms with Crippen LogP contribution in [0.4, 0.5) is 0 Å². The smallest absolute Gasteiger partial charge is 0.0133 e. The molecule has 2 nitrogen and oxygen atoms in total. The van der Waals surface area contributed by atoms with Gasteiger partial charge in [-0.1, -0.05) is 34.1 Å². The van der Waals surface area contributed by atoms with E-state index in [0.717, 1.165) is 30.3 Å². The zero-order valence-corrected chi connectivity index (χ0v) is 12.5. The molecule has 17 heavy (non-hydrogen) atoms. The van der Waals surface area contributed by atoms with E-state index in [1.165, 1.54) is 32.4 Å². The van der Waals surface area contributed by atoms with Gasteiger partial charge in [-0.3, -0.25) is 0 Å². The van der Waals surface area contributed by atoms with E-state index in [0.29, 0.717) is 0 Å². The number of nitrogens with one attached hydrogen (secondary N) is 1. The van der Waals surface area contributed by atoms with Crippen molar-refractivity contribution in [3.8, 4) is 0 Å². The SMILES string of the molecule is CCC(C)CN(C)C1CCC1CNCC(C)C. The third-order valence-corrected chi connectivity index (χ3v) is 4.20. The predicted octanol–water partition coefficient (Wildman–Crippen LogP) is 2.99. The van der Waals surface area contributed by atoms with Crippen molar-refractivity contribution in [1.29, 1.82) is 0 Å². The molecule has 1 N–H and O–H groups in total. The molecule has 1 rings (SSSR count). The summed E-state index contributed by atoms with van der Waals surface area (Å²) in [6.07, 6.45) is 4.12. The van der Waals surface area contributed by atoms with E-state index in [-0.39, 0.29) is 0 Å². The van der Waals surface area contributed by atoms with E-state index >= 15 is 0 Å². The average Bonchev–Trinajstić information content (AvgIpc) is 2.21. The standard InChI is InChI=1S/C15H32N2/c1-6-13(4)11-17(5)15-8-7-14(15)10-16-9-12(2)3/h12-16H,6-11H2,1-5H3. The highest BCUT2D eigenvalue weighted by molar-refractivity contribution is 4.89. The van der Waals surface area contributed by atoms with Crippen molar-refractivity contribution in [2.24, 2.45) is 17.8 Å². The summed E-state index contributed by atoms with van der Waals surface area (Å²) in [6, 6.07) is 0.837. The van der Waals surface area contributed by atoms with Crippen molar-refractivity contribution in [3.05, 3.63) is 0 Å². The van der Waals surface area contributed by atoms with Crippen LogP contribution in [-0.4, -0.2) is 37.6 Å². The summed E-state index contributed by atoms with van der Waals surface area (Å²) in [5.74, 6) is 2.50. The summed E-state index contributed by atoms with van der Waals surface area (Å²) in [4.78, 5) is 2.60. The second-order valence-corrected chi connectivity index (χ2v) is 6.41. The third-order valence-electron chi connectivity index (χ3n) is 4.20. The van der Waals surface area contributed by atoms with Crippen molar-refractivity contribution in [1.82, 2.24) is 10.2 Å². The second kappa shape index (κ2) is 7.38. The summed E-state index contributed by atoms with van der Waals surface area (Å²) in [5.41, 5.74) is 0. The first-order valence-corrected chi connectivity index (χ1v) is 7.45. The summed E-state index contributed by atoms with van der Waals surface area (Å²) < 4.78 is 0. The van der Waals surface area contributed by atoms with E-state index in [1.54, 1.807) is 0 Å². The van der Waals surface area contributed by atoms with Crippen molar-refractivity contribution >= 4 is 0 Å². The first-order chi connectivity index (χ1) is 8.04. The lowest BCUT2D eigenvalue weighted by Crippen LogP contribution is -2.50. The average molecular weight is 240 g/mol. The second-order valence-electron chi connectivity index (χ2n) is 6.41. The summed E-state index contributed by atoms with van der Waals surface area (Å²) in [7, 11) is 2.31. The Balaban J connectivity index is 2.20. The zero-order valence-electron chi connectivity index (χ0n) is 12.5. The van der Waals surface area contributed by atoms with E-state index in [4.69, 9.17) is 0 Å². The molecule has 3 unspecified atom stereocenters. The van der Waals surface area contributed by atoms with Crippen LogP contribution in [0.15, 0.2) is 0 Å². The number of rotatable bonds is 8. The lowest BCUT2D eigenvalue weighted by atomic mass is 9.78. The van der Waals surface area contributed by atoms with E-state index in [2.05, 4.69) is 45.0 Å². The van der Waals surface area contributed by atoms with Gasteiger partial charge in [-0.25, -0.2) is 0 Å². The van der Waals surface area contributed by atoms with Gasteiger partial charge in [-0.15, -0.1) is 0 Å². The van der Waals surface area contributed by atoms with Crippen molar-refractivity contribution < 1.29 is 0 Å². The van der Waals surface area contributed by atoms with Gasteiger partial charge < -0.3 is 10.2 Å². The highest BCUT2D eigenvalue weighted by Gasteiger charge is 2.33. The Morgan fingerprint density at radius 1 is 1.24 bits per heavy atom. The fourth-order valence-electron chi connectivity index (χ4n) is 2.68. The predicted molar refractivity (Wildman–Crippen MR) is 76.3 cm³/mol. The van der Waals surface area contributed by atoms with Crippen LogP contribution in [0.1, 0.15) is 47.0 Å². The van der Waals surface area contributed by atoms with Gasteiger partial charge in [0.1, 0.15) is 0 Å². The maximum Gasteiger partial charge on any atom is 0.0133 e. The molecule has 0 bridgehead atoms. The maximum atomic E-state index is 3.61. The molecule has 102 valence electrons. The summed E-state index contributed by atoms with van der Waals surface area (Å²) in [5, 5.41) is 3.61. The molecular weight excluding hydrogens is 208 g/mol. The Hall–Kier alpha value is -0.0800. The number of hydrogen-bond donors (Lipinski definition) is 1. The van der Waals surface area contributed by atoms with Crippen molar-refractivity contribution in [2.45, 2.75) is 53.0 Å². The number of nitrogens with zero attached hydrogens (tertiary/aromatic N) is 1. The normalized spacial score (nSPS) is 26.3. The molecule has 2 heteroatoms. The van der Waals surface area contributed by atoms with Crippen molar-refractivity contribution in [3.63, 3.8) is 0 Å². The Labute approximate surface area is 108 Å². The minimum Gasteiger partial charge on any atom is -0.316 e. The quantitative estimate of drug-likeness (QED) is 0.701. The lowest BCUT2D eigenvalue weighted by molar-refractivity contribution is 0.0720. The van der Waals surface area contributed by atoms with Gasteiger partial charge >= 0.3 is 0 Å². The van der Waals surface area contributed by atoms with Gasteiger partial charge in [-0.2, -0.15) is 0 Å². The molecule has 1 fully saturated rings. The van der Waals surface area contributed by atoms with Crippen LogP contribution in [0.25, 0.3) is 0 Å². The Morgan fingerprint density at radius 2 is 1.94 bits per heavy atom. The molecule has 0 aliphatic heterocycles. The highest BCUT2D eigenvalue weighted by Crippen LogP contribution is 2.31. The van der Waals surface area contributed by atoms with Crippen LogP contribution in [-0.2, 0) is 0 Å². The molecule has 0 heterocycles. The molecule has 1 aliphatic rings. The summed E-state index contributed by atoms with van der Waals surface area (Å²) >= 11 is 0. The fourth-order valence-corrected chi connectivity index (χ4v) is 2.68. The van der Waals surface area contributed by atoms with Crippen LogP contribution >= 0.6 is 0 Å². The topological polar surface area (TPSA) is 15.3 Å². The lowest BCUT2D eigenvalue weighted by Gasteiger charge is -2.44. The van der Waals surface area contributed by atoms with Crippen LogP contribution in [0.5, 0.6) is 0 Å². The zero-order chi connectivity index (χ0) is 12.8. The minimum atomic E-state index is 0.770. The molecule has 0 aromatic carbocycles. The molecule has 0 aromatic rings. The molecular formula is C15H32N2. The Kier molecular flexibility index (Phi) is 6.50. The van der Waals surface area contributed by atoms with Crippen LogP contribution in [0.2, 0.25) is 0 Å². The van der Waals surface area contributed by atoms with Gasteiger partial charge in [0.05, 0.1) is 0 Å². The number of hydrogen-bond acceptors (Lipinski definition) is 2. The van der Waals surface area contributed by atoms with Gasteiger partial charge in [0.15, 0.2) is 0 Å². The van der Waals surface area contributed by atoms with E-state index in [1.807, 2.05) is 0 Å². The van der Waals surface area contributed by atoms with Crippen molar-refractivity contribution in [2.75, 3.05) is 26.7 Å². The molecule has 3 atom stereocenters. The van der Waals surface area contributed by atoms with Crippen LogP contribution < -0.4 is 5.32 Å². The van der Waals surface area contributed by atoms with Gasteiger partial charge in [0, 0.05) is 12.6 Å². The van der Waals surface area contributed by atoms with Gasteiger partial charge in [0.2, 0.25) is 0 Å². The summed E-state index contributed by atoms with van der Waals surface area (Å²) in [6.45, 7) is 12.9. The van der Waals surface area contributed by atoms with Gasteiger partial charge in [-0.05, 0) is 50.7 Å². The first kappa shape index (κ1) is 15.0. The minimum absolute atomic E-state index is 0.770. The molecule has 0 saturated heterocycles. The molecule has 0 amide bonds. The molecule has 1 saturated carbocycles. The molecule has 1 aliphatic carbocycles. The largest absolute Gasteiger partial charge is 0.316 e. The third kappa shape index (κ3) is 4.97. The van der Waals surface area contributed by atoms with Gasteiger partial charge in [0.25, 0.3) is 0 Å². The Morgan fingerprint density at radius 3 is 2.41 bits per heavy atom. The molecule has 0 radical (unpaired) electrons. The highest BCUT2D eigenvalue weighted by atomic mass is 15.1. The maximum absolute atomic E-state index is 3.61. The molecule has 0 aromatic heterocycles. The Bertz CT molecular complexity index is 203. The van der Waals surface area contributed by atoms with E-state index in [9.17, 15) is 0 Å². The fraction of sp³-hybridized carbons (Fsp3) is 1.00. The van der Waals surface area contributed by atoms with Crippen LogP contribution in [0.3, 0.4) is 0 Å². The molecule has 0 spiro atoms.